The van der Waals surface area contributed by atoms with Crippen molar-refractivity contribution >= 4 is 24.1 Å². The lowest BCUT2D eigenvalue weighted by Gasteiger charge is -2.19. The van der Waals surface area contributed by atoms with Crippen LogP contribution in [0.5, 0.6) is 0 Å². The van der Waals surface area contributed by atoms with E-state index < -0.39 is 29.2 Å². The van der Waals surface area contributed by atoms with E-state index in [0.29, 0.717) is 16.7 Å². The van der Waals surface area contributed by atoms with Crippen LogP contribution in [0, 0.1) is 17.0 Å². The summed E-state index contributed by atoms with van der Waals surface area (Å²) in [7, 11) is 0. The van der Waals surface area contributed by atoms with E-state index in [1.54, 1.807) is 49.5 Å². The lowest BCUT2D eigenvalue weighted by Crippen LogP contribution is -2.31. The monoisotopic (exact) mass is 460 g/mol. The number of benzene rings is 2. The van der Waals surface area contributed by atoms with Gasteiger partial charge in [-0.15, -0.1) is 12.4 Å². The van der Waals surface area contributed by atoms with Crippen molar-refractivity contribution in [2.24, 2.45) is 5.73 Å². The number of carbonyl (C=O) groups is 1. The van der Waals surface area contributed by atoms with Crippen molar-refractivity contribution in [3.05, 3.63) is 89.2 Å². The van der Waals surface area contributed by atoms with E-state index in [0.717, 1.165) is 17.7 Å². The highest BCUT2D eigenvalue weighted by Crippen LogP contribution is 2.29. The van der Waals surface area contributed by atoms with E-state index in [2.05, 4.69) is 10.3 Å². The fraction of sp³-hybridized carbons (Fsp3) is 0.174. The summed E-state index contributed by atoms with van der Waals surface area (Å²) < 4.78 is 35.1. The molecule has 0 aliphatic heterocycles. The zero-order valence-electron chi connectivity index (χ0n) is 17.3. The molecule has 0 radical (unpaired) electrons. The number of nitrogens with two attached hydrogens (primary N) is 1. The van der Waals surface area contributed by atoms with Crippen molar-refractivity contribution in [2.75, 3.05) is 6.61 Å². The summed E-state index contributed by atoms with van der Waals surface area (Å²) in [4.78, 5) is 16.7. The van der Waals surface area contributed by atoms with Gasteiger partial charge in [0, 0.05) is 36.7 Å². The van der Waals surface area contributed by atoms with Gasteiger partial charge in [-0.25, -0.2) is 8.78 Å². The molecule has 168 valence electrons. The van der Waals surface area contributed by atoms with Crippen molar-refractivity contribution < 1.29 is 18.3 Å². The van der Waals surface area contributed by atoms with Crippen molar-refractivity contribution in [2.45, 2.75) is 19.6 Å². The Kier molecular flexibility index (Phi) is 8.80. The van der Waals surface area contributed by atoms with Gasteiger partial charge in [-0.05, 0) is 36.2 Å². The standard InChI is InChI=1S/C23H22F2N4O2.ClH/c1-2-31-21(23(30)29-12-14-5-7-15(8-6-14)22(26)27)20-18(24)10-17(11-19(20)25)16-4-3-9-28-13-16;/h3-11,13,21H,2,12H2,1H3,(H3,26,27)(H,29,30);1H. The molecule has 3 rings (SSSR count). The molecule has 3 aromatic rings. The number of nitrogens with zero attached hydrogens (tertiary/aromatic N) is 1. The SMILES string of the molecule is CCOC(C(=O)NCc1ccc(C(=N)N)cc1)c1c(F)cc(-c2cccnc2)cc1F.Cl. The number of amides is 1. The first-order valence-corrected chi connectivity index (χ1v) is 9.62. The summed E-state index contributed by atoms with van der Waals surface area (Å²) in [5.74, 6) is -2.48. The van der Waals surface area contributed by atoms with Gasteiger partial charge in [-0.1, -0.05) is 30.3 Å². The molecule has 0 fully saturated rings. The fourth-order valence-corrected chi connectivity index (χ4v) is 3.08. The molecule has 0 aliphatic rings. The number of hydrogen-bond donors (Lipinski definition) is 3. The molecular weight excluding hydrogens is 438 g/mol. The van der Waals surface area contributed by atoms with Crippen LogP contribution in [0.2, 0.25) is 0 Å². The minimum absolute atomic E-state index is 0. The minimum Gasteiger partial charge on any atom is -0.384 e. The topological polar surface area (TPSA) is 101 Å². The second kappa shape index (κ2) is 11.3. The number of amidine groups is 1. The molecule has 0 bridgehead atoms. The van der Waals surface area contributed by atoms with Gasteiger partial charge in [-0.2, -0.15) is 0 Å². The van der Waals surface area contributed by atoms with Crippen LogP contribution in [0.25, 0.3) is 11.1 Å². The lowest BCUT2D eigenvalue weighted by atomic mass is 10.0. The van der Waals surface area contributed by atoms with Gasteiger partial charge in [0.2, 0.25) is 0 Å². The maximum atomic E-state index is 14.9. The van der Waals surface area contributed by atoms with Gasteiger partial charge in [0.1, 0.15) is 17.5 Å². The molecule has 1 unspecified atom stereocenters. The van der Waals surface area contributed by atoms with Crippen LogP contribution < -0.4 is 11.1 Å². The van der Waals surface area contributed by atoms with E-state index in [-0.39, 0.29) is 31.4 Å². The first-order chi connectivity index (χ1) is 14.9. The number of hydrogen-bond acceptors (Lipinski definition) is 4. The Hall–Kier alpha value is -3.36. The van der Waals surface area contributed by atoms with Crippen LogP contribution in [0.3, 0.4) is 0 Å². The Labute approximate surface area is 190 Å². The number of nitrogen functional groups attached to an aromatic ring is 1. The molecule has 1 amide bonds. The minimum atomic E-state index is -1.44. The largest absolute Gasteiger partial charge is 0.384 e. The van der Waals surface area contributed by atoms with Crippen LogP contribution in [-0.2, 0) is 16.1 Å². The summed E-state index contributed by atoms with van der Waals surface area (Å²) >= 11 is 0. The van der Waals surface area contributed by atoms with Gasteiger partial charge >= 0.3 is 0 Å². The molecule has 0 aliphatic carbocycles. The number of rotatable bonds is 8. The molecule has 4 N–H and O–H groups in total. The number of carbonyl (C=O) groups excluding carboxylic acids is 1. The number of nitrogens with one attached hydrogen (secondary N) is 2. The van der Waals surface area contributed by atoms with Gasteiger partial charge in [0.15, 0.2) is 6.10 Å². The van der Waals surface area contributed by atoms with E-state index in [1.807, 2.05) is 0 Å². The average Bonchev–Trinajstić information content (AvgIpc) is 2.77. The molecule has 6 nitrogen and oxygen atoms in total. The predicted molar refractivity (Wildman–Crippen MR) is 121 cm³/mol. The third kappa shape index (κ3) is 5.87. The number of ether oxygens (including phenoxy) is 1. The average molecular weight is 461 g/mol. The Bertz CT molecular complexity index is 1060. The van der Waals surface area contributed by atoms with Crippen LogP contribution >= 0.6 is 12.4 Å². The van der Waals surface area contributed by atoms with Crippen molar-refractivity contribution in [3.63, 3.8) is 0 Å². The van der Waals surface area contributed by atoms with E-state index in [4.69, 9.17) is 15.9 Å². The molecule has 32 heavy (non-hydrogen) atoms. The molecule has 2 aromatic carbocycles. The Morgan fingerprint density at radius 1 is 1.16 bits per heavy atom. The summed E-state index contributed by atoms with van der Waals surface area (Å²) in [5.41, 5.74) is 7.14. The summed E-state index contributed by atoms with van der Waals surface area (Å²) in [5, 5.41) is 10.0. The van der Waals surface area contributed by atoms with Crippen molar-refractivity contribution in [1.82, 2.24) is 10.3 Å². The Balaban J connectivity index is 0.00000363. The second-order valence-electron chi connectivity index (χ2n) is 6.76. The fourth-order valence-electron chi connectivity index (χ4n) is 3.08. The molecule has 0 saturated carbocycles. The van der Waals surface area contributed by atoms with Gasteiger partial charge in [-0.3, -0.25) is 15.2 Å². The van der Waals surface area contributed by atoms with Gasteiger partial charge in [0.25, 0.3) is 5.91 Å². The second-order valence-corrected chi connectivity index (χ2v) is 6.76. The third-order valence-electron chi connectivity index (χ3n) is 4.64. The maximum absolute atomic E-state index is 14.9. The van der Waals surface area contributed by atoms with Crippen molar-refractivity contribution in [3.8, 4) is 11.1 Å². The highest BCUT2D eigenvalue weighted by atomic mass is 35.5. The molecule has 1 heterocycles. The predicted octanol–water partition coefficient (Wildman–Crippen LogP) is 4.13. The normalized spacial score (nSPS) is 11.3. The molecule has 0 spiro atoms. The first-order valence-electron chi connectivity index (χ1n) is 9.62. The molecule has 1 aromatic heterocycles. The van der Waals surface area contributed by atoms with Crippen LogP contribution in [0.1, 0.15) is 29.7 Å². The van der Waals surface area contributed by atoms with E-state index >= 15 is 0 Å². The maximum Gasteiger partial charge on any atom is 0.254 e. The highest BCUT2D eigenvalue weighted by Gasteiger charge is 2.28. The summed E-state index contributed by atoms with van der Waals surface area (Å²) in [6.45, 7) is 1.85. The molecule has 1 atom stereocenters. The van der Waals surface area contributed by atoms with Gasteiger partial charge < -0.3 is 15.8 Å². The third-order valence-corrected chi connectivity index (χ3v) is 4.64. The number of aromatic nitrogens is 1. The summed E-state index contributed by atoms with van der Waals surface area (Å²) in [6, 6.07) is 12.4. The molecule has 9 heteroatoms. The number of halogens is 3. The van der Waals surface area contributed by atoms with Gasteiger partial charge in [0.05, 0.1) is 5.56 Å². The van der Waals surface area contributed by atoms with Crippen LogP contribution in [0.4, 0.5) is 8.78 Å². The van der Waals surface area contributed by atoms with Crippen LogP contribution in [-0.4, -0.2) is 23.3 Å². The summed E-state index contributed by atoms with van der Waals surface area (Å²) in [6.07, 6.45) is 1.62. The van der Waals surface area contributed by atoms with Crippen molar-refractivity contribution in [1.29, 1.82) is 5.41 Å². The van der Waals surface area contributed by atoms with Crippen LogP contribution in [0.15, 0.2) is 60.9 Å². The highest BCUT2D eigenvalue weighted by molar-refractivity contribution is 5.94. The Morgan fingerprint density at radius 2 is 1.81 bits per heavy atom. The zero-order valence-corrected chi connectivity index (χ0v) is 18.1. The first kappa shape index (κ1) is 24.9. The molecular formula is C23H23ClF2N4O2. The quantitative estimate of drug-likeness (QED) is 0.347. The zero-order chi connectivity index (χ0) is 22.4. The van der Waals surface area contributed by atoms with E-state index in [1.165, 1.54) is 6.20 Å². The van der Waals surface area contributed by atoms with E-state index in [9.17, 15) is 13.6 Å². The molecule has 0 saturated heterocycles. The number of pyridine rings is 1. The smallest absolute Gasteiger partial charge is 0.254 e. The Morgan fingerprint density at radius 3 is 2.34 bits per heavy atom. The lowest BCUT2D eigenvalue weighted by molar-refractivity contribution is -0.133.